The zero-order valence-electron chi connectivity index (χ0n) is 15.6. The van der Waals surface area contributed by atoms with E-state index in [2.05, 4.69) is 0 Å². The lowest BCUT2D eigenvalue weighted by molar-refractivity contribution is -0.275. The molecule has 0 radical (unpaired) electrons. The van der Waals surface area contributed by atoms with E-state index >= 15 is 0 Å². The molecule has 26 heavy (non-hydrogen) atoms. The van der Waals surface area contributed by atoms with E-state index in [0.29, 0.717) is 0 Å². The van der Waals surface area contributed by atoms with E-state index < -0.39 is 36.4 Å². The maximum absolute atomic E-state index is 11.4. The third-order valence-corrected chi connectivity index (χ3v) is 4.18. The van der Waals surface area contributed by atoms with E-state index in [1.807, 2.05) is 13.8 Å². The average molecular weight is 376 g/mol. The molecule has 150 valence electrons. The van der Waals surface area contributed by atoms with Gasteiger partial charge in [0.1, 0.15) is 18.8 Å². The molecule has 1 aliphatic heterocycles. The van der Waals surface area contributed by atoms with Crippen LogP contribution < -0.4 is 0 Å². The molecular weight excluding hydrogens is 348 g/mol. The number of esters is 2. The molecule has 5 atom stereocenters. The lowest BCUT2D eigenvalue weighted by Gasteiger charge is -2.43. The zero-order chi connectivity index (χ0) is 19.7. The first-order chi connectivity index (χ1) is 12.2. The van der Waals surface area contributed by atoms with Crippen molar-refractivity contribution >= 4 is 17.9 Å². The van der Waals surface area contributed by atoms with Crippen LogP contribution in [0.2, 0.25) is 0 Å². The van der Waals surface area contributed by atoms with Gasteiger partial charge in [0.15, 0.2) is 6.29 Å². The number of carboxylic acid groups (broad SMARTS) is 1. The van der Waals surface area contributed by atoms with E-state index in [-0.39, 0.29) is 44.7 Å². The van der Waals surface area contributed by atoms with Gasteiger partial charge in [0, 0.05) is 25.7 Å². The lowest BCUT2D eigenvalue weighted by Crippen LogP contribution is -2.53. The van der Waals surface area contributed by atoms with Crippen LogP contribution in [0.15, 0.2) is 0 Å². The third-order valence-electron chi connectivity index (χ3n) is 4.18. The smallest absolute Gasteiger partial charge is 0.305 e. The van der Waals surface area contributed by atoms with Crippen LogP contribution in [0.1, 0.15) is 34.1 Å². The molecule has 9 nitrogen and oxygen atoms in total. The monoisotopic (exact) mass is 376 g/mol. The number of carbonyl (C=O) groups excluding carboxylic acids is 2. The Bertz CT molecular complexity index is 479. The number of carbonyl (C=O) groups is 3. The predicted octanol–water partition coefficient (Wildman–Crippen LogP) is 0.986. The Kier molecular flexibility index (Phi) is 9.53. The minimum atomic E-state index is -0.922. The number of carboxylic acids is 1. The molecule has 0 aliphatic carbocycles. The number of rotatable bonds is 10. The van der Waals surface area contributed by atoms with Gasteiger partial charge in [-0.2, -0.15) is 0 Å². The molecule has 9 heteroatoms. The van der Waals surface area contributed by atoms with Crippen molar-refractivity contribution in [2.75, 3.05) is 26.4 Å². The van der Waals surface area contributed by atoms with E-state index in [1.165, 1.54) is 13.8 Å². The molecule has 0 bridgehead atoms. The normalized spacial score (nSPS) is 28.4. The second kappa shape index (κ2) is 11.1. The number of hydrogen-bond donors (Lipinski definition) is 1. The molecule has 0 amide bonds. The molecule has 0 aromatic carbocycles. The van der Waals surface area contributed by atoms with Gasteiger partial charge in [-0.25, -0.2) is 0 Å². The molecule has 0 spiro atoms. The van der Waals surface area contributed by atoms with Crippen molar-refractivity contribution in [3.8, 4) is 0 Å². The van der Waals surface area contributed by atoms with Crippen LogP contribution in [-0.2, 0) is 38.1 Å². The highest BCUT2D eigenvalue weighted by Crippen LogP contribution is 2.33. The van der Waals surface area contributed by atoms with Gasteiger partial charge >= 0.3 is 17.9 Å². The van der Waals surface area contributed by atoms with Crippen LogP contribution in [0.25, 0.3) is 0 Å². The zero-order valence-corrected chi connectivity index (χ0v) is 15.6. The van der Waals surface area contributed by atoms with Gasteiger partial charge in [0.25, 0.3) is 0 Å². The van der Waals surface area contributed by atoms with Gasteiger partial charge in [-0.05, 0) is 0 Å². The highest BCUT2D eigenvalue weighted by molar-refractivity contribution is 5.67. The van der Waals surface area contributed by atoms with Gasteiger partial charge in [-0.1, -0.05) is 13.8 Å². The molecule has 5 unspecified atom stereocenters. The molecule has 1 heterocycles. The molecule has 1 saturated heterocycles. The summed E-state index contributed by atoms with van der Waals surface area (Å²) in [7, 11) is 0. The fourth-order valence-electron chi connectivity index (χ4n) is 2.64. The first-order valence-electron chi connectivity index (χ1n) is 8.59. The summed E-state index contributed by atoms with van der Waals surface area (Å²) in [5.41, 5.74) is 0. The molecular formula is C17H28O9. The Morgan fingerprint density at radius 1 is 1.00 bits per heavy atom. The Morgan fingerprint density at radius 3 is 2.27 bits per heavy atom. The second-order valence-corrected chi connectivity index (χ2v) is 6.26. The Morgan fingerprint density at radius 2 is 1.69 bits per heavy atom. The molecule has 0 aromatic heterocycles. The molecule has 0 saturated carbocycles. The fraction of sp³-hybridized carbons (Fsp3) is 0.824. The van der Waals surface area contributed by atoms with Crippen LogP contribution >= 0.6 is 0 Å². The summed E-state index contributed by atoms with van der Waals surface area (Å²) in [6.07, 6.45) is -1.83. The van der Waals surface area contributed by atoms with Gasteiger partial charge < -0.3 is 28.8 Å². The van der Waals surface area contributed by atoms with Crippen LogP contribution in [0.4, 0.5) is 0 Å². The quantitative estimate of drug-likeness (QED) is 0.440. The van der Waals surface area contributed by atoms with Crippen molar-refractivity contribution < 1.29 is 43.2 Å². The largest absolute Gasteiger partial charge is 0.481 e. The standard InChI is InChI=1S/C17H28O9/c1-10-11(2)17(23-8-7-22-6-5-15(20)21)26-14(9-24-12(3)18)16(10)25-13(4)19/h10-11,14,16-17H,5-9H2,1-4H3,(H,20,21). The minimum Gasteiger partial charge on any atom is -0.481 e. The molecule has 1 rings (SSSR count). The Balaban J connectivity index is 2.57. The first-order valence-corrected chi connectivity index (χ1v) is 8.59. The lowest BCUT2D eigenvalue weighted by atomic mass is 9.84. The van der Waals surface area contributed by atoms with Gasteiger partial charge in [-0.3, -0.25) is 14.4 Å². The summed E-state index contributed by atoms with van der Waals surface area (Å²) < 4.78 is 27.1. The summed E-state index contributed by atoms with van der Waals surface area (Å²) in [5, 5.41) is 8.54. The van der Waals surface area contributed by atoms with Crippen molar-refractivity contribution in [2.45, 2.75) is 52.6 Å². The number of ether oxygens (including phenoxy) is 5. The van der Waals surface area contributed by atoms with Crippen molar-refractivity contribution in [2.24, 2.45) is 11.8 Å². The summed E-state index contributed by atoms with van der Waals surface area (Å²) >= 11 is 0. The topological polar surface area (TPSA) is 118 Å². The van der Waals surface area contributed by atoms with Crippen molar-refractivity contribution in [3.63, 3.8) is 0 Å². The van der Waals surface area contributed by atoms with Crippen LogP contribution in [0.5, 0.6) is 0 Å². The highest BCUT2D eigenvalue weighted by atomic mass is 16.7. The molecule has 1 N–H and O–H groups in total. The first kappa shape index (κ1) is 22.3. The SMILES string of the molecule is CC(=O)OCC1OC(OCCOCCC(=O)O)C(C)C(C)C1OC(C)=O. The van der Waals surface area contributed by atoms with Crippen molar-refractivity contribution in [1.29, 1.82) is 0 Å². The van der Waals surface area contributed by atoms with Crippen molar-refractivity contribution in [1.82, 2.24) is 0 Å². The highest BCUT2D eigenvalue weighted by Gasteiger charge is 2.44. The van der Waals surface area contributed by atoms with Crippen molar-refractivity contribution in [3.05, 3.63) is 0 Å². The predicted molar refractivity (Wildman–Crippen MR) is 88.2 cm³/mol. The molecule has 1 aliphatic rings. The van der Waals surface area contributed by atoms with Gasteiger partial charge in [0.05, 0.1) is 26.2 Å². The summed E-state index contributed by atoms with van der Waals surface area (Å²) in [6.45, 7) is 6.96. The summed E-state index contributed by atoms with van der Waals surface area (Å²) in [5.74, 6) is -1.96. The van der Waals surface area contributed by atoms with E-state index in [1.54, 1.807) is 0 Å². The maximum atomic E-state index is 11.4. The minimum absolute atomic E-state index is 0.0423. The Hall–Kier alpha value is -1.71. The van der Waals surface area contributed by atoms with Gasteiger partial charge in [-0.15, -0.1) is 0 Å². The maximum Gasteiger partial charge on any atom is 0.305 e. The molecule has 1 fully saturated rings. The average Bonchev–Trinajstić information content (AvgIpc) is 2.55. The van der Waals surface area contributed by atoms with E-state index in [9.17, 15) is 14.4 Å². The Labute approximate surface area is 152 Å². The number of aliphatic carboxylic acids is 1. The second-order valence-electron chi connectivity index (χ2n) is 6.26. The summed E-state index contributed by atoms with van der Waals surface area (Å²) in [6, 6.07) is 0. The van der Waals surface area contributed by atoms with E-state index in [4.69, 9.17) is 28.8 Å². The van der Waals surface area contributed by atoms with E-state index in [0.717, 1.165) is 0 Å². The fourth-order valence-corrected chi connectivity index (χ4v) is 2.64. The van der Waals surface area contributed by atoms with Gasteiger partial charge in [0.2, 0.25) is 0 Å². The van der Waals surface area contributed by atoms with Crippen LogP contribution in [-0.4, -0.2) is 67.9 Å². The van der Waals surface area contributed by atoms with Crippen LogP contribution in [0.3, 0.4) is 0 Å². The third kappa shape index (κ3) is 7.67. The summed E-state index contributed by atoms with van der Waals surface area (Å²) in [4.78, 5) is 32.9. The number of hydrogen-bond acceptors (Lipinski definition) is 8. The molecule has 0 aromatic rings. The van der Waals surface area contributed by atoms with Crippen LogP contribution in [0, 0.1) is 11.8 Å².